The van der Waals surface area contributed by atoms with Crippen molar-refractivity contribution in [3.8, 4) is 5.69 Å². The number of para-hydroxylation sites is 1. The van der Waals surface area contributed by atoms with E-state index in [1.54, 1.807) is 6.07 Å². The molecule has 2 aromatic carbocycles. The Balaban J connectivity index is 1.75. The van der Waals surface area contributed by atoms with Crippen LogP contribution in [0.15, 0.2) is 59.7 Å². The van der Waals surface area contributed by atoms with E-state index in [0.29, 0.717) is 5.02 Å². The first-order chi connectivity index (χ1) is 15.1. The van der Waals surface area contributed by atoms with E-state index in [-0.39, 0.29) is 5.69 Å². The van der Waals surface area contributed by atoms with Gasteiger partial charge in [0, 0.05) is 17.0 Å². The van der Waals surface area contributed by atoms with Crippen LogP contribution in [-0.2, 0) is 14.8 Å². The number of carbonyl (C=O) groups is 1. The first-order valence-electron chi connectivity index (χ1n) is 9.57. The maximum absolute atomic E-state index is 13.5. The highest BCUT2D eigenvalue weighted by atomic mass is 35.5. The second-order valence-electron chi connectivity index (χ2n) is 7.16. The number of hydrazone groups is 1. The monoisotopic (exact) mass is 476 g/mol. The molecule has 0 aliphatic rings. The van der Waals surface area contributed by atoms with Crippen LogP contribution in [0.1, 0.15) is 17.0 Å². The highest BCUT2D eigenvalue weighted by molar-refractivity contribution is 7.92. The van der Waals surface area contributed by atoms with Crippen LogP contribution < -0.4 is 9.73 Å². The van der Waals surface area contributed by atoms with Gasteiger partial charge < -0.3 is 4.57 Å². The lowest BCUT2D eigenvalue weighted by molar-refractivity contribution is -0.119. The molecule has 3 rings (SSSR count). The molecule has 32 heavy (non-hydrogen) atoms. The molecule has 3 aromatic rings. The van der Waals surface area contributed by atoms with Gasteiger partial charge in [-0.3, -0.25) is 9.10 Å². The Morgan fingerprint density at radius 1 is 1.19 bits per heavy atom. The Bertz CT molecular complexity index is 1290. The zero-order valence-electron chi connectivity index (χ0n) is 17.7. The normalized spacial score (nSPS) is 11.7. The number of benzene rings is 2. The van der Waals surface area contributed by atoms with Crippen molar-refractivity contribution in [1.82, 2.24) is 9.99 Å². The van der Waals surface area contributed by atoms with Crippen molar-refractivity contribution in [1.29, 1.82) is 0 Å². The lowest BCUT2D eigenvalue weighted by atomic mass is 10.2. The molecule has 1 aromatic heterocycles. The van der Waals surface area contributed by atoms with Crippen molar-refractivity contribution >= 4 is 39.4 Å². The van der Waals surface area contributed by atoms with Gasteiger partial charge in [0.15, 0.2) is 0 Å². The summed E-state index contributed by atoms with van der Waals surface area (Å²) in [6.45, 7) is 3.28. The largest absolute Gasteiger partial charge is 0.316 e. The molecule has 0 saturated heterocycles. The van der Waals surface area contributed by atoms with Crippen LogP contribution in [-0.4, -0.2) is 37.9 Å². The van der Waals surface area contributed by atoms with E-state index >= 15 is 0 Å². The van der Waals surface area contributed by atoms with Gasteiger partial charge in [0.2, 0.25) is 10.0 Å². The van der Waals surface area contributed by atoms with E-state index in [1.165, 1.54) is 24.4 Å². The maximum atomic E-state index is 13.5. The predicted molar refractivity (Wildman–Crippen MR) is 125 cm³/mol. The number of hydrogen-bond donors (Lipinski definition) is 1. The lowest BCUT2D eigenvalue weighted by Crippen LogP contribution is -2.39. The van der Waals surface area contributed by atoms with E-state index in [1.807, 2.05) is 42.7 Å². The van der Waals surface area contributed by atoms with E-state index < -0.39 is 28.3 Å². The number of nitrogens with one attached hydrogen (secondary N) is 1. The van der Waals surface area contributed by atoms with E-state index in [9.17, 15) is 17.6 Å². The molecule has 168 valence electrons. The average molecular weight is 477 g/mol. The van der Waals surface area contributed by atoms with Crippen LogP contribution in [0.4, 0.5) is 10.1 Å². The first kappa shape index (κ1) is 23.5. The van der Waals surface area contributed by atoms with Gasteiger partial charge >= 0.3 is 0 Å². The summed E-state index contributed by atoms with van der Waals surface area (Å²) in [5, 5.41) is 4.55. The van der Waals surface area contributed by atoms with Gasteiger partial charge in [-0.15, -0.1) is 0 Å². The molecule has 0 atom stereocenters. The Morgan fingerprint density at radius 2 is 1.91 bits per heavy atom. The van der Waals surface area contributed by atoms with E-state index in [0.717, 1.165) is 39.3 Å². The highest BCUT2D eigenvalue weighted by Crippen LogP contribution is 2.25. The van der Waals surface area contributed by atoms with Crippen LogP contribution in [0.5, 0.6) is 0 Å². The molecule has 0 aliphatic carbocycles. The van der Waals surface area contributed by atoms with Gasteiger partial charge in [0.25, 0.3) is 5.91 Å². The van der Waals surface area contributed by atoms with Crippen molar-refractivity contribution in [3.05, 3.63) is 82.4 Å². The maximum Gasteiger partial charge on any atom is 0.260 e. The highest BCUT2D eigenvalue weighted by Gasteiger charge is 2.21. The van der Waals surface area contributed by atoms with Crippen molar-refractivity contribution in [2.75, 3.05) is 17.1 Å². The topological polar surface area (TPSA) is 83.8 Å². The molecule has 0 saturated carbocycles. The molecule has 10 heteroatoms. The summed E-state index contributed by atoms with van der Waals surface area (Å²) in [7, 11) is -3.81. The molecule has 1 amide bonds. The SMILES string of the molecule is Cc1cc(/C=N\NC(=O)CN(c2cccc(F)c2)S(C)(=O)=O)c(C)n1-c1ccccc1Cl. The summed E-state index contributed by atoms with van der Waals surface area (Å²) < 4.78 is 40.5. The van der Waals surface area contributed by atoms with Gasteiger partial charge in [0.05, 0.1) is 28.9 Å². The number of aryl methyl sites for hydroxylation is 1. The molecule has 1 heterocycles. The first-order valence-corrected chi connectivity index (χ1v) is 11.8. The summed E-state index contributed by atoms with van der Waals surface area (Å²) in [4.78, 5) is 12.3. The Morgan fingerprint density at radius 3 is 2.56 bits per heavy atom. The van der Waals surface area contributed by atoms with Gasteiger partial charge in [-0.05, 0) is 50.2 Å². The van der Waals surface area contributed by atoms with Gasteiger partial charge in [-0.25, -0.2) is 18.2 Å². The van der Waals surface area contributed by atoms with E-state index in [4.69, 9.17) is 11.6 Å². The molecule has 0 bridgehead atoms. The van der Waals surface area contributed by atoms with Gasteiger partial charge in [0.1, 0.15) is 12.4 Å². The number of aromatic nitrogens is 1. The second-order valence-corrected chi connectivity index (χ2v) is 9.47. The summed E-state index contributed by atoms with van der Waals surface area (Å²) in [5.74, 6) is -1.28. The summed E-state index contributed by atoms with van der Waals surface area (Å²) in [6, 6.07) is 14.3. The summed E-state index contributed by atoms with van der Waals surface area (Å²) in [6.07, 6.45) is 2.42. The number of amides is 1. The Hall–Kier alpha value is -3.17. The third-order valence-electron chi connectivity index (χ3n) is 4.74. The number of carbonyl (C=O) groups excluding carboxylic acids is 1. The molecular weight excluding hydrogens is 455 g/mol. The van der Waals surface area contributed by atoms with E-state index in [2.05, 4.69) is 10.5 Å². The number of halogens is 2. The molecule has 7 nitrogen and oxygen atoms in total. The quantitative estimate of drug-likeness (QED) is 0.416. The zero-order valence-corrected chi connectivity index (χ0v) is 19.3. The van der Waals surface area contributed by atoms with Crippen LogP contribution in [0.2, 0.25) is 5.02 Å². The number of sulfonamides is 1. The standard InChI is InChI=1S/C22H22ClFN4O3S/c1-15-11-17(16(2)28(15)21-10-5-4-9-20(21)23)13-25-26-22(29)14-27(32(3,30)31)19-8-6-7-18(24)12-19/h4-13H,14H2,1-3H3,(H,26,29)/b25-13-. The predicted octanol–water partition coefficient (Wildman–Crippen LogP) is 3.80. The molecular formula is C22H22ClFN4O3S. The fourth-order valence-electron chi connectivity index (χ4n) is 3.29. The van der Waals surface area contributed by atoms with Crippen molar-refractivity contribution in [2.24, 2.45) is 5.10 Å². The minimum absolute atomic E-state index is 0.0508. The number of rotatable bonds is 7. The molecule has 1 N–H and O–H groups in total. The molecule has 0 radical (unpaired) electrons. The molecule has 0 unspecified atom stereocenters. The van der Waals surface area contributed by atoms with Crippen molar-refractivity contribution < 1.29 is 17.6 Å². The molecule has 0 fully saturated rings. The fraction of sp³-hybridized carbons (Fsp3) is 0.182. The summed E-state index contributed by atoms with van der Waals surface area (Å²) >= 11 is 6.31. The molecule has 0 spiro atoms. The van der Waals surface area contributed by atoms with Crippen molar-refractivity contribution in [3.63, 3.8) is 0 Å². The van der Waals surface area contributed by atoms with Crippen LogP contribution >= 0.6 is 11.6 Å². The number of nitrogens with zero attached hydrogens (tertiary/aromatic N) is 3. The van der Waals surface area contributed by atoms with Crippen LogP contribution in [0, 0.1) is 19.7 Å². The molecule has 0 aliphatic heterocycles. The minimum atomic E-state index is -3.81. The number of hydrogen-bond acceptors (Lipinski definition) is 4. The smallest absolute Gasteiger partial charge is 0.260 e. The zero-order chi connectivity index (χ0) is 23.5. The Kier molecular flexibility index (Phi) is 7.00. The van der Waals surface area contributed by atoms with Gasteiger partial charge in [-0.2, -0.15) is 5.10 Å². The van der Waals surface area contributed by atoms with Crippen LogP contribution in [0.25, 0.3) is 5.69 Å². The average Bonchev–Trinajstić information content (AvgIpc) is 2.99. The third-order valence-corrected chi connectivity index (χ3v) is 6.20. The number of anilines is 1. The lowest BCUT2D eigenvalue weighted by Gasteiger charge is -2.21. The fourth-order valence-corrected chi connectivity index (χ4v) is 4.36. The summed E-state index contributed by atoms with van der Waals surface area (Å²) in [5.41, 5.74) is 5.75. The third kappa shape index (κ3) is 5.35. The second kappa shape index (κ2) is 9.54. The Labute approximate surface area is 191 Å². The van der Waals surface area contributed by atoms with Crippen LogP contribution in [0.3, 0.4) is 0 Å². The van der Waals surface area contributed by atoms with Gasteiger partial charge in [-0.1, -0.05) is 29.8 Å². The minimum Gasteiger partial charge on any atom is -0.316 e. The van der Waals surface area contributed by atoms with Crippen molar-refractivity contribution in [2.45, 2.75) is 13.8 Å².